The summed E-state index contributed by atoms with van der Waals surface area (Å²) in [6.07, 6.45) is 7.58. The van der Waals surface area contributed by atoms with Gasteiger partial charge in [-0.15, -0.1) is 0 Å². The highest BCUT2D eigenvalue weighted by molar-refractivity contribution is 5.80. The van der Waals surface area contributed by atoms with E-state index in [1.54, 1.807) is 0 Å². The van der Waals surface area contributed by atoms with Crippen molar-refractivity contribution in [2.24, 2.45) is 0 Å². The van der Waals surface area contributed by atoms with Gasteiger partial charge in [0.15, 0.2) is 6.29 Å². The van der Waals surface area contributed by atoms with Crippen LogP contribution in [0.15, 0.2) is 12.2 Å². The van der Waals surface area contributed by atoms with Crippen LogP contribution in [0.2, 0.25) is 0 Å². The van der Waals surface area contributed by atoms with Crippen molar-refractivity contribution in [1.29, 1.82) is 0 Å². The normalized spacial score (nSPS) is 25.5. The summed E-state index contributed by atoms with van der Waals surface area (Å²) >= 11 is 0. The Morgan fingerprint density at radius 2 is 1.37 bits per heavy atom. The Morgan fingerprint density at radius 3 is 1.98 bits per heavy atom. The van der Waals surface area contributed by atoms with Crippen molar-refractivity contribution in [3.05, 3.63) is 12.2 Å². The van der Waals surface area contributed by atoms with Gasteiger partial charge in [-0.05, 0) is 32.1 Å². The standard InChI is InChI=1S/C32H61NO10/c1-3-5-7-9-11-12-14-16-18-20-25(36)31(41)33-23(27(37)24(35)19-17-15-13-10-8-6-4-2)22-42-32-30(40)29(39)28(38)26(21-34)43-32/h10,13,23-30,32,34-40H,3-9,11-12,14-22H2,1-2H3,(H,33,41)/b13-10+. The third kappa shape index (κ3) is 16.1. The molecular weight excluding hydrogens is 558 g/mol. The summed E-state index contributed by atoms with van der Waals surface area (Å²) in [7, 11) is 0. The van der Waals surface area contributed by atoms with Crippen LogP contribution in [-0.2, 0) is 14.3 Å². The van der Waals surface area contributed by atoms with E-state index < -0.39 is 74.2 Å². The van der Waals surface area contributed by atoms with E-state index in [9.17, 15) is 40.5 Å². The quantitative estimate of drug-likeness (QED) is 0.0556. The molecule has 1 rings (SSSR count). The third-order valence-corrected chi connectivity index (χ3v) is 8.07. The summed E-state index contributed by atoms with van der Waals surface area (Å²) < 4.78 is 10.9. The second-order valence-corrected chi connectivity index (χ2v) is 11.9. The van der Waals surface area contributed by atoms with E-state index in [1.807, 2.05) is 6.08 Å². The van der Waals surface area contributed by atoms with Crippen molar-refractivity contribution < 1.29 is 50.0 Å². The molecule has 1 aliphatic heterocycles. The van der Waals surface area contributed by atoms with Crippen LogP contribution in [0.4, 0.5) is 0 Å². The van der Waals surface area contributed by atoms with Crippen LogP contribution in [0.3, 0.4) is 0 Å². The van der Waals surface area contributed by atoms with Crippen molar-refractivity contribution in [2.45, 2.75) is 172 Å². The minimum atomic E-state index is -1.66. The number of carbonyl (C=O) groups excluding carboxylic acids is 1. The Hall–Kier alpha value is -1.15. The SMILES string of the molecule is CCCC/C=C/CCCC(O)C(O)C(COC1OC(CO)C(O)C(O)C1O)NC(=O)C(O)CCCCCCCCCCC. The maximum Gasteiger partial charge on any atom is 0.249 e. The Bertz CT molecular complexity index is 724. The molecule has 9 atom stereocenters. The van der Waals surface area contributed by atoms with Gasteiger partial charge in [-0.2, -0.15) is 0 Å². The van der Waals surface area contributed by atoms with E-state index >= 15 is 0 Å². The van der Waals surface area contributed by atoms with Gasteiger partial charge in [-0.3, -0.25) is 4.79 Å². The molecule has 1 fully saturated rings. The third-order valence-electron chi connectivity index (χ3n) is 8.07. The van der Waals surface area contributed by atoms with Crippen molar-refractivity contribution in [1.82, 2.24) is 5.32 Å². The van der Waals surface area contributed by atoms with E-state index in [4.69, 9.17) is 9.47 Å². The molecule has 11 nitrogen and oxygen atoms in total. The number of unbranched alkanes of at least 4 members (excludes halogenated alkanes) is 11. The first-order chi connectivity index (χ1) is 20.7. The Labute approximate surface area is 258 Å². The molecule has 1 amide bonds. The van der Waals surface area contributed by atoms with Gasteiger partial charge in [0.2, 0.25) is 5.91 Å². The van der Waals surface area contributed by atoms with Crippen molar-refractivity contribution in [2.75, 3.05) is 13.2 Å². The topological polar surface area (TPSA) is 189 Å². The number of rotatable bonds is 25. The molecule has 0 aromatic rings. The first-order valence-corrected chi connectivity index (χ1v) is 16.6. The number of carbonyl (C=O) groups is 1. The minimum Gasteiger partial charge on any atom is -0.394 e. The van der Waals surface area contributed by atoms with Gasteiger partial charge in [0.25, 0.3) is 0 Å². The Balaban J connectivity index is 2.69. The van der Waals surface area contributed by atoms with Crippen LogP contribution >= 0.6 is 0 Å². The Morgan fingerprint density at radius 1 is 0.791 bits per heavy atom. The lowest BCUT2D eigenvalue weighted by atomic mass is 9.98. The largest absolute Gasteiger partial charge is 0.394 e. The highest BCUT2D eigenvalue weighted by Crippen LogP contribution is 2.23. The second kappa shape index (κ2) is 24.1. The molecule has 0 saturated carbocycles. The smallest absolute Gasteiger partial charge is 0.249 e. The highest BCUT2D eigenvalue weighted by Gasteiger charge is 2.44. The first-order valence-electron chi connectivity index (χ1n) is 16.6. The number of allylic oxidation sites excluding steroid dienone is 2. The number of nitrogens with one attached hydrogen (secondary N) is 1. The molecule has 0 aliphatic carbocycles. The average Bonchev–Trinajstić information content (AvgIpc) is 3.00. The highest BCUT2D eigenvalue weighted by atomic mass is 16.7. The number of ether oxygens (including phenoxy) is 2. The fourth-order valence-corrected chi connectivity index (χ4v) is 5.13. The van der Waals surface area contributed by atoms with Crippen LogP contribution in [-0.4, -0.2) is 110 Å². The van der Waals surface area contributed by atoms with Crippen LogP contribution < -0.4 is 5.32 Å². The predicted molar refractivity (Wildman–Crippen MR) is 164 cm³/mol. The average molecular weight is 620 g/mol. The number of aliphatic hydroxyl groups excluding tert-OH is 7. The summed E-state index contributed by atoms with van der Waals surface area (Å²) in [5.41, 5.74) is 0. The first kappa shape index (κ1) is 39.9. The van der Waals surface area contributed by atoms with Gasteiger partial charge in [0.1, 0.15) is 36.6 Å². The lowest BCUT2D eigenvalue weighted by molar-refractivity contribution is -0.303. The Kier molecular flexibility index (Phi) is 22.4. The van der Waals surface area contributed by atoms with Crippen molar-refractivity contribution in [3.8, 4) is 0 Å². The maximum absolute atomic E-state index is 12.8. The molecule has 0 bridgehead atoms. The lowest BCUT2D eigenvalue weighted by Gasteiger charge is -2.40. The van der Waals surface area contributed by atoms with Crippen molar-refractivity contribution >= 4 is 5.91 Å². The molecule has 0 aromatic heterocycles. The number of hydrogen-bond acceptors (Lipinski definition) is 10. The molecular formula is C32H61NO10. The van der Waals surface area contributed by atoms with E-state index in [0.29, 0.717) is 12.8 Å². The molecule has 254 valence electrons. The van der Waals surface area contributed by atoms with E-state index in [0.717, 1.165) is 44.9 Å². The van der Waals surface area contributed by atoms with Gasteiger partial charge in [0, 0.05) is 0 Å². The van der Waals surface area contributed by atoms with E-state index in [-0.39, 0.29) is 12.8 Å². The summed E-state index contributed by atoms with van der Waals surface area (Å²) in [6, 6.07) is -1.17. The molecule has 1 saturated heterocycles. The van der Waals surface area contributed by atoms with Crippen LogP contribution in [0.25, 0.3) is 0 Å². The molecule has 1 aliphatic rings. The zero-order valence-electron chi connectivity index (χ0n) is 26.4. The molecule has 0 radical (unpaired) electrons. The molecule has 1 heterocycles. The summed E-state index contributed by atoms with van der Waals surface area (Å²) in [4.78, 5) is 12.8. The fraction of sp³-hybridized carbons (Fsp3) is 0.906. The van der Waals surface area contributed by atoms with E-state index in [2.05, 4.69) is 25.2 Å². The zero-order chi connectivity index (χ0) is 32.0. The van der Waals surface area contributed by atoms with Gasteiger partial charge in [0.05, 0.1) is 25.4 Å². The van der Waals surface area contributed by atoms with E-state index in [1.165, 1.54) is 32.1 Å². The number of amides is 1. The van der Waals surface area contributed by atoms with Gasteiger partial charge in [-0.1, -0.05) is 96.6 Å². The second-order valence-electron chi connectivity index (χ2n) is 11.9. The fourth-order valence-electron chi connectivity index (χ4n) is 5.13. The van der Waals surface area contributed by atoms with Crippen LogP contribution in [0, 0.1) is 0 Å². The molecule has 9 unspecified atom stereocenters. The molecule has 8 N–H and O–H groups in total. The van der Waals surface area contributed by atoms with Gasteiger partial charge >= 0.3 is 0 Å². The van der Waals surface area contributed by atoms with Crippen LogP contribution in [0.1, 0.15) is 117 Å². The molecule has 0 spiro atoms. The minimum absolute atomic E-state index is 0.255. The van der Waals surface area contributed by atoms with Crippen LogP contribution in [0.5, 0.6) is 0 Å². The summed E-state index contributed by atoms with van der Waals surface area (Å²) in [5.74, 6) is -0.716. The monoisotopic (exact) mass is 619 g/mol. The zero-order valence-corrected chi connectivity index (χ0v) is 26.4. The van der Waals surface area contributed by atoms with Gasteiger partial charge < -0.3 is 50.5 Å². The number of hydrogen-bond donors (Lipinski definition) is 8. The maximum atomic E-state index is 12.8. The predicted octanol–water partition coefficient (Wildman–Crippen LogP) is 2.21. The number of aliphatic hydroxyl groups is 7. The summed E-state index contributed by atoms with van der Waals surface area (Å²) in [5, 5.41) is 74.5. The van der Waals surface area contributed by atoms with Crippen molar-refractivity contribution in [3.63, 3.8) is 0 Å². The molecule has 43 heavy (non-hydrogen) atoms. The molecule has 0 aromatic carbocycles. The lowest BCUT2D eigenvalue weighted by Crippen LogP contribution is -2.60. The summed E-state index contributed by atoms with van der Waals surface area (Å²) in [6.45, 7) is 3.24. The molecule has 11 heteroatoms. The van der Waals surface area contributed by atoms with Gasteiger partial charge in [-0.25, -0.2) is 0 Å².